The van der Waals surface area contributed by atoms with Crippen LogP contribution in [0.15, 0.2) is 41.7 Å². The first-order valence-corrected chi connectivity index (χ1v) is 8.81. The maximum absolute atomic E-state index is 11.7. The van der Waals surface area contributed by atoms with E-state index in [2.05, 4.69) is 20.5 Å². The van der Waals surface area contributed by atoms with Crippen molar-refractivity contribution < 1.29 is 8.42 Å². The Hall–Kier alpha value is -2.55. The number of nitrogens with zero attached hydrogens (tertiary/aromatic N) is 6. The van der Waals surface area contributed by atoms with Gasteiger partial charge in [0.1, 0.15) is 18.1 Å². The van der Waals surface area contributed by atoms with E-state index in [9.17, 15) is 8.42 Å². The Morgan fingerprint density at radius 3 is 2.65 bits per heavy atom. The van der Waals surface area contributed by atoms with Crippen LogP contribution in [-0.2, 0) is 16.9 Å². The van der Waals surface area contributed by atoms with Crippen molar-refractivity contribution in [1.82, 2.24) is 29.8 Å². The molecule has 0 bridgehead atoms. The van der Waals surface area contributed by atoms with Gasteiger partial charge in [-0.25, -0.2) is 13.1 Å². The van der Waals surface area contributed by atoms with E-state index in [1.165, 1.54) is 6.26 Å². The molecule has 0 saturated heterocycles. The van der Waals surface area contributed by atoms with Crippen molar-refractivity contribution in [3.8, 4) is 11.3 Å². The molecule has 1 unspecified atom stereocenters. The van der Waals surface area contributed by atoms with Crippen LogP contribution < -0.4 is 0 Å². The lowest BCUT2D eigenvalue weighted by atomic mass is 10.2. The molecule has 120 valence electrons. The second-order valence-corrected chi connectivity index (χ2v) is 7.38. The molecule has 0 radical (unpaired) electrons. The van der Waals surface area contributed by atoms with Gasteiger partial charge in [-0.3, -0.25) is 0 Å². The highest BCUT2D eigenvalue weighted by Gasteiger charge is 2.16. The number of hydrogen-bond donors (Lipinski definition) is 0. The summed E-state index contributed by atoms with van der Waals surface area (Å²) in [4.78, 5) is 0.255. The molecule has 0 spiro atoms. The lowest BCUT2D eigenvalue weighted by Gasteiger charge is -2.09. The van der Waals surface area contributed by atoms with Crippen LogP contribution in [0.25, 0.3) is 11.3 Å². The van der Waals surface area contributed by atoms with Gasteiger partial charge in [0, 0.05) is 18.9 Å². The number of rotatable bonds is 4. The molecule has 1 aromatic carbocycles. The van der Waals surface area contributed by atoms with Crippen molar-refractivity contribution in [3.05, 3.63) is 42.6 Å². The topological polar surface area (TPSA) is 95.6 Å². The fraction of sp³-hybridized carbons (Fsp3) is 0.286. The van der Waals surface area contributed by atoms with Gasteiger partial charge in [-0.05, 0) is 19.1 Å². The van der Waals surface area contributed by atoms with Gasteiger partial charge in [0.05, 0.1) is 11.1 Å². The largest absolute Gasteiger partial charge is 0.319 e. The summed E-state index contributed by atoms with van der Waals surface area (Å²) in [5.74, 6) is 0.756. The molecule has 3 aromatic rings. The number of benzene rings is 1. The molecule has 0 saturated carbocycles. The third kappa shape index (κ3) is 3.00. The molecule has 2 heterocycles. The van der Waals surface area contributed by atoms with Crippen molar-refractivity contribution in [2.45, 2.75) is 17.9 Å². The first kappa shape index (κ1) is 15.3. The summed E-state index contributed by atoms with van der Waals surface area (Å²) in [6.07, 6.45) is 4.57. The summed E-state index contributed by atoms with van der Waals surface area (Å²) in [6.45, 7) is 1.94. The molecule has 0 fully saturated rings. The highest BCUT2D eigenvalue weighted by Crippen LogP contribution is 2.22. The molecule has 23 heavy (non-hydrogen) atoms. The van der Waals surface area contributed by atoms with Gasteiger partial charge < -0.3 is 4.57 Å². The van der Waals surface area contributed by atoms with E-state index in [1.807, 2.05) is 18.5 Å². The van der Waals surface area contributed by atoms with Crippen LogP contribution in [-0.4, -0.2) is 44.4 Å². The molecule has 3 rings (SSSR count). The van der Waals surface area contributed by atoms with E-state index >= 15 is 0 Å². The highest BCUT2D eigenvalue weighted by molar-refractivity contribution is 7.90. The summed E-state index contributed by atoms with van der Waals surface area (Å²) in [5, 5.41) is 16.2. The van der Waals surface area contributed by atoms with E-state index in [0.29, 0.717) is 11.3 Å². The van der Waals surface area contributed by atoms with E-state index in [1.54, 1.807) is 41.5 Å². The predicted molar refractivity (Wildman–Crippen MR) is 83.4 cm³/mol. The van der Waals surface area contributed by atoms with E-state index < -0.39 is 9.84 Å². The monoisotopic (exact) mass is 332 g/mol. The standard InChI is InChI=1S/C14H16N6O2S/c1-10(14-17-15-9-19(14)2)20-8-13(16-18-20)11-5-4-6-12(7-11)23(3,21)22/h4-10H,1-3H3. The molecular weight excluding hydrogens is 316 g/mol. The van der Waals surface area contributed by atoms with Crippen molar-refractivity contribution >= 4 is 9.84 Å². The minimum atomic E-state index is -3.26. The molecule has 0 aliphatic heterocycles. The van der Waals surface area contributed by atoms with Crippen LogP contribution in [0.2, 0.25) is 0 Å². The second-order valence-electron chi connectivity index (χ2n) is 5.36. The zero-order valence-electron chi connectivity index (χ0n) is 12.9. The van der Waals surface area contributed by atoms with E-state index in [0.717, 1.165) is 5.82 Å². The normalized spacial score (nSPS) is 13.2. The summed E-state index contributed by atoms with van der Waals surface area (Å²) in [6, 6.07) is 6.51. The zero-order valence-corrected chi connectivity index (χ0v) is 13.8. The molecule has 0 aliphatic carbocycles. The second kappa shape index (κ2) is 5.58. The molecular formula is C14H16N6O2S. The number of sulfone groups is 1. The Morgan fingerprint density at radius 2 is 2.00 bits per heavy atom. The highest BCUT2D eigenvalue weighted by atomic mass is 32.2. The Balaban J connectivity index is 1.95. The Bertz CT molecular complexity index is 944. The summed E-state index contributed by atoms with van der Waals surface area (Å²) in [5.41, 5.74) is 1.30. The molecule has 2 aromatic heterocycles. The number of hydrogen-bond acceptors (Lipinski definition) is 6. The van der Waals surface area contributed by atoms with Crippen molar-refractivity contribution in [2.24, 2.45) is 7.05 Å². The first-order valence-electron chi connectivity index (χ1n) is 6.92. The SMILES string of the molecule is CC(c1nncn1C)n1cc(-c2cccc(S(C)(=O)=O)c2)nn1. The maximum Gasteiger partial charge on any atom is 0.175 e. The smallest absolute Gasteiger partial charge is 0.175 e. The van der Waals surface area contributed by atoms with Crippen LogP contribution in [0.1, 0.15) is 18.8 Å². The summed E-state index contributed by atoms with van der Waals surface area (Å²) < 4.78 is 26.8. The summed E-state index contributed by atoms with van der Waals surface area (Å²) in [7, 11) is -1.40. The minimum Gasteiger partial charge on any atom is -0.319 e. The van der Waals surface area contributed by atoms with E-state index in [4.69, 9.17) is 0 Å². The van der Waals surface area contributed by atoms with Gasteiger partial charge in [0.15, 0.2) is 15.7 Å². The Kier molecular flexibility index (Phi) is 3.72. The Labute approximate surface area is 133 Å². The maximum atomic E-state index is 11.7. The van der Waals surface area contributed by atoms with Crippen molar-refractivity contribution in [3.63, 3.8) is 0 Å². The molecule has 8 nitrogen and oxygen atoms in total. The van der Waals surface area contributed by atoms with Crippen LogP contribution in [0, 0.1) is 0 Å². The molecule has 9 heteroatoms. The lowest BCUT2D eigenvalue weighted by molar-refractivity contribution is 0.503. The molecule has 0 N–H and O–H groups in total. The number of aryl methyl sites for hydroxylation is 1. The number of aromatic nitrogens is 6. The van der Waals surface area contributed by atoms with Gasteiger partial charge in [-0.15, -0.1) is 15.3 Å². The fourth-order valence-corrected chi connectivity index (χ4v) is 2.94. The third-order valence-electron chi connectivity index (χ3n) is 3.59. The Morgan fingerprint density at radius 1 is 1.22 bits per heavy atom. The average molecular weight is 332 g/mol. The van der Waals surface area contributed by atoms with E-state index in [-0.39, 0.29) is 10.9 Å². The lowest BCUT2D eigenvalue weighted by Crippen LogP contribution is -2.12. The van der Waals surface area contributed by atoms with Crippen molar-refractivity contribution in [2.75, 3.05) is 6.26 Å². The zero-order chi connectivity index (χ0) is 16.6. The van der Waals surface area contributed by atoms with Gasteiger partial charge >= 0.3 is 0 Å². The minimum absolute atomic E-state index is 0.137. The van der Waals surface area contributed by atoms with Crippen LogP contribution in [0.5, 0.6) is 0 Å². The van der Waals surface area contributed by atoms with Gasteiger partial charge in [-0.1, -0.05) is 17.3 Å². The quantitative estimate of drug-likeness (QED) is 0.709. The van der Waals surface area contributed by atoms with Gasteiger partial charge in [0.2, 0.25) is 0 Å². The van der Waals surface area contributed by atoms with Crippen LogP contribution in [0.4, 0.5) is 0 Å². The van der Waals surface area contributed by atoms with Crippen molar-refractivity contribution in [1.29, 1.82) is 0 Å². The van der Waals surface area contributed by atoms with Crippen LogP contribution >= 0.6 is 0 Å². The first-order chi connectivity index (χ1) is 10.9. The third-order valence-corrected chi connectivity index (χ3v) is 4.70. The van der Waals surface area contributed by atoms with Gasteiger partial charge in [0.25, 0.3) is 0 Å². The van der Waals surface area contributed by atoms with Crippen LogP contribution in [0.3, 0.4) is 0 Å². The predicted octanol–water partition coefficient (Wildman–Crippen LogP) is 1.09. The molecule has 0 amide bonds. The average Bonchev–Trinajstić information content (AvgIpc) is 3.15. The molecule has 1 atom stereocenters. The molecule has 0 aliphatic rings. The summed E-state index contributed by atoms with van der Waals surface area (Å²) >= 11 is 0. The van der Waals surface area contributed by atoms with Gasteiger partial charge in [-0.2, -0.15) is 0 Å². The fourth-order valence-electron chi connectivity index (χ4n) is 2.27.